The first kappa shape index (κ1) is 35.4. The van der Waals surface area contributed by atoms with Crippen molar-refractivity contribution < 1.29 is 9.15 Å². The maximum absolute atomic E-state index is 6.77. The van der Waals surface area contributed by atoms with Crippen LogP contribution in [0.3, 0.4) is 0 Å². The van der Waals surface area contributed by atoms with Gasteiger partial charge < -0.3 is 13.7 Å². The Bertz CT molecular complexity index is 2910. The molecule has 5 heteroatoms. The number of nitrogens with zero attached hydrogens (tertiary/aromatic N) is 2. The van der Waals surface area contributed by atoms with Crippen LogP contribution in [0.25, 0.3) is 83.1 Å². The van der Waals surface area contributed by atoms with Crippen LogP contribution < -0.4 is 4.74 Å². The third kappa shape index (κ3) is 6.65. The molecule has 11 rings (SSSR count). The van der Waals surface area contributed by atoms with Gasteiger partial charge in [-0.05, 0) is 122 Å². The average molecular weight is 775 g/mol. The van der Waals surface area contributed by atoms with E-state index in [2.05, 4.69) is 150 Å². The third-order valence-electron chi connectivity index (χ3n) is 12.4. The van der Waals surface area contributed by atoms with Crippen LogP contribution in [0.4, 0.5) is 0 Å². The summed E-state index contributed by atoms with van der Waals surface area (Å²) in [4.78, 5) is 6.59. The monoisotopic (exact) mass is 774 g/mol. The first-order chi connectivity index (χ1) is 28.7. The maximum atomic E-state index is 6.77. The van der Waals surface area contributed by atoms with Crippen molar-refractivity contribution in [1.29, 1.82) is 0 Å². The van der Waals surface area contributed by atoms with Gasteiger partial charge in [0.25, 0.3) is 0 Å². The normalized spacial score (nSPS) is 15.5. The Kier molecular flexibility index (Phi) is 9.27. The number of ether oxygens (including phenoxy) is 1. The third-order valence-corrected chi connectivity index (χ3v) is 13.8. The smallest absolute Gasteiger partial charge is 0.135 e. The van der Waals surface area contributed by atoms with E-state index in [1.807, 2.05) is 11.8 Å². The van der Waals surface area contributed by atoms with Gasteiger partial charge in [0.15, 0.2) is 0 Å². The van der Waals surface area contributed by atoms with E-state index in [1.54, 1.807) is 0 Å². The number of hydrogen-bond donors (Lipinski definition) is 0. The predicted molar refractivity (Wildman–Crippen MR) is 242 cm³/mol. The molecule has 0 spiro atoms. The lowest BCUT2D eigenvalue weighted by atomic mass is 9.97. The number of thioether (sulfide) groups is 1. The summed E-state index contributed by atoms with van der Waals surface area (Å²) in [7, 11) is 0. The van der Waals surface area contributed by atoms with E-state index >= 15 is 0 Å². The minimum absolute atomic E-state index is 0.278. The van der Waals surface area contributed by atoms with Crippen molar-refractivity contribution in [1.82, 2.24) is 9.55 Å². The van der Waals surface area contributed by atoms with Crippen LogP contribution >= 0.6 is 11.8 Å². The van der Waals surface area contributed by atoms with Crippen LogP contribution in [-0.4, -0.2) is 20.9 Å². The fraction of sp³-hybridized carbons (Fsp3) is 0.226. The lowest BCUT2D eigenvalue weighted by Crippen LogP contribution is -2.19. The van der Waals surface area contributed by atoms with Crippen molar-refractivity contribution in [2.45, 2.75) is 80.5 Å². The van der Waals surface area contributed by atoms with Gasteiger partial charge in [-0.15, -0.1) is 11.8 Å². The van der Waals surface area contributed by atoms with Gasteiger partial charge in [0, 0.05) is 48.5 Å². The molecule has 0 saturated heterocycles. The van der Waals surface area contributed by atoms with E-state index in [1.165, 1.54) is 72.6 Å². The van der Waals surface area contributed by atoms with Gasteiger partial charge >= 0.3 is 0 Å². The SMILES string of the molecule is c1ccc(-c2cc(-c3ccc4oc5ccc(-n6c7ccccc7c7c(OC8CCCCC8)cccc76)cc5c4c3)cc(-c3ccc(SC4CCCCC4)cc3)n2)cc1. The van der Waals surface area contributed by atoms with E-state index in [0.29, 0.717) is 0 Å². The molecule has 286 valence electrons. The second-order valence-corrected chi connectivity index (χ2v) is 17.6. The number of benzene rings is 6. The Morgan fingerprint density at radius 3 is 1.97 bits per heavy atom. The van der Waals surface area contributed by atoms with E-state index in [0.717, 1.165) is 90.6 Å². The second-order valence-electron chi connectivity index (χ2n) is 16.3. The lowest BCUT2D eigenvalue weighted by molar-refractivity contribution is 0.157. The Labute approximate surface area is 343 Å². The van der Waals surface area contributed by atoms with Gasteiger partial charge in [0.1, 0.15) is 16.9 Å². The van der Waals surface area contributed by atoms with Crippen molar-refractivity contribution >= 4 is 55.5 Å². The molecule has 0 amide bonds. The molecule has 6 aromatic carbocycles. The molecule has 2 saturated carbocycles. The predicted octanol–water partition coefficient (Wildman–Crippen LogP) is 15.2. The molecule has 3 heterocycles. The quantitative estimate of drug-likeness (QED) is 0.154. The van der Waals surface area contributed by atoms with Crippen LogP contribution in [-0.2, 0) is 0 Å². The molecule has 9 aromatic rings. The number of hydrogen-bond acceptors (Lipinski definition) is 4. The highest BCUT2D eigenvalue weighted by atomic mass is 32.2. The van der Waals surface area contributed by atoms with Gasteiger partial charge in [-0.1, -0.05) is 98.5 Å². The standard InChI is InChI=1S/C53H46N2O2S/c1-4-13-35(14-5-1)46-32-38(33-47(54-46)36-23-27-42(28-24-36)58-41-17-8-3-9-18-41)37-25-29-50-44(31-37)45-34-39(26-30-51(45)57-50)55-48-20-11-10-19-43(48)53-49(55)21-12-22-52(53)56-40-15-6-2-7-16-40/h1,4-5,10-14,19-34,40-41H,2-3,6-9,15-18H2. The summed E-state index contributed by atoms with van der Waals surface area (Å²) in [5.41, 5.74) is 11.6. The summed E-state index contributed by atoms with van der Waals surface area (Å²) in [6, 6.07) is 52.6. The fourth-order valence-corrected chi connectivity index (χ4v) is 10.7. The molecular formula is C53H46N2O2S. The lowest BCUT2D eigenvalue weighted by Gasteiger charge is -2.23. The van der Waals surface area contributed by atoms with Crippen LogP contribution in [0.2, 0.25) is 0 Å². The van der Waals surface area contributed by atoms with E-state index < -0.39 is 0 Å². The molecule has 58 heavy (non-hydrogen) atoms. The number of rotatable bonds is 8. The summed E-state index contributed by atoms with van der Waals surface area (Å²) in [5.74, 6) is 0.986. The highest BCUT2D eigenvalue weighted by Crippen LogP contribution is 2.42. The molecule has 2 aliphatic rings. The molecule has 0 aliphatic heterocycles. The molecule has 0 bridgehead atoms. The van der Waals surface area contributed by atoms with Gasteiger partial charge in [0.05, 0.1) is 28.5 Å². The molecule has 0 N–H and O–H groups in total. The number of aromatic nitrogens is 2. The Hall–Kier alpha value is -5.78. The average Bonchev–Trinajstić information content (AvgIpc) is 3.83. The van der Waals surface area contributed by atoms with E-state index in [9.17, 15) is 0 Å². The van der Waals surface area contributed by atoms with Crippen molar-refractivity contribution in [3.8, 4) is 45.1 Å². The molecule has 4 nitrogen and oxygen atoms in total. The zero-order chi connectivity index (χ0) is 38.4. The fourth-order valence-electron chi connectivity index (χ4n) is 9.49. The molecular weight excluding hydrogens is 729 g/mol. The zero-order valence-corrected chi connectivity index (χ0v) is 33.5. The highest BCUT2D eigenvalue weighted by molar-refractivity contribution is 8.00. The van der Waals surface area contributed by atoms with E-state index in [-0.39, 0.29) is 6.10 Å². The minimum Gasteiger partial charge on any atom is -0.490 e. The van der Waals surface area contributed by atoms with Gasteiger partial charge in [-0.25, -0.2) is 4.98 Å². The molecule has 2 fully saturated rings. The van der Waals surface area contributed by atoms with Crippen molar-refractivity contribution in [3.05, 3.63) is 146 Å². The molecule has 0 atom stereocenters. The molecule has 0 radical (unpaired) electrons. The first-order valence-corrected chi connectivity index (χ1v) is 22.1. The first-order valence-electron chi connectivity index (χ1n) is 21.2. The topological polar surface area (TPSA) is 40.2 Å². The number of furan rings is 1. The number of pyridine rings is 1. The van der Waals surface area contributed by atoms with Gasteiger partial charge in [0.2, 0.25) is 0 Å². The van der Waals surface area contributed by atoms with Crippen LogP contribution in [0, 0.1) is 0 Å². The van der Waals surface area contributed by atoms with Crippen LogP contribution in [0.1, 0.15) is 64.2 Å². The minimum atomic E-state index is 0.278. The largest absolute Gasteiger partial charge is 0.490 e. The second kappa shape index (κ2) is 15.2. The molecule has 2 aliphatic carbocycles. The van der Waals surface area contributed by atoms with Gasteiger partial charge in [-0.2, -0.15) is 0 Å². The maximum Gasteiger partial charge on any atom is 0.135 e. The van der Waals surface area contributed by atoms with E-state index in [4.69, 9.17) is 14.1 Å². The Morgan fingerprint density at radius 1 is 0.517 bits per heavy atom. The van der Waals surface area contributed by atoms with Crippen molar-refractivity contribution in [2.24, 2.45) is 0 Å². The van der Waals surface area contributed by atoms with Crippen molar-refractivity contribution in [3.63, 3.8) is 0 Å². The van der Waals surface area contributed by atoms with Gasteiger partial charge in [-0.3, -0.25) is 0 Å². The molecule has 3 aromatic heterocycles. The summed E-state index contributed by atoms with van der Waals surface area (Å²) in [5, 5.41) is 5.32. The molecule has 0 unspecified atom stereocenters. The van der Waals surface area contributed by atoms with Crippen molar-refractivity contribution in [2.75, 3.05) is 0 Å². The Morgan fingerprint density at radius 2 is 1.17 bits per heavy atom. The van der Waals surface area contributed by atoms with Crippen LogP contribution in [0.5, 0.6) is 5.75 Å². The summed E-state index contributed by atoms with van der Waals surface area (Å²) in [6.45, 7) is 0. The summed E-state index contributed by atoms with van der Waals surface area (Å²) >= 11 is 2.04. The number of para-hydroxylation sites is 1. The Balaban J connectivity index is 1.00. The highest BCUT2D eigenvalue weighted by Gasteiger charge is 2.21. The summed E-state index contributed by atoms with van der Waals surface area (Å²) in [6.07, 6.45) is 13.1. The number of fused-ring (bicyclic) bond motifs is 6. The zero-order valence-electron chi connectivity index (χ0n) is 32.7. The van der Waals surface area contributed by atoms with Crippen LogP contribution in [0.15, 0.2) is 155 Å². The summed E-state index contributed by atoms with van der Waals surface area (Å²) < 4.78 is 15.7.